The molecule has 0 spiro atoms. The highest BCUT2D eigenvalue weighted by molar-refractivity contribution is 6.11. The summed E-state index contributed by atoms with van der Waals surface area (Å²) in [5, 5.41) is 0. The molecule has 2 heterocycles. The molecule has 1 aliphatic heterocycles. The molecule has 0 radical (unpaired) electrons. The summed E-state index contributed by atoms with van der Waals surface area (Å²) >= 11 is 0. The number of Topliss-reactive ketones (excluding diaryl/α,β-unsaturated/α-hetero) is 2. The zero-order valence-corrected chi connectivity index (χ0v) is 17.2. The van der Waals surface area contributed by atoms with Crippen molar-refractivity contribution < 1.29 is 28.7 Å². The molecule has 2 aromatic rings. The molecular weight excluding hydrogens is 388 g/mol. The highest BCUT2D eigenvalue weighted by atomic mass is 16.5. The van der Waals surface area contributed by atoms with Crippen molar-refractivity contribution >= 4 is 29.4 Å². The molecule has 8 heteroatoms. The van der Waals surface area contributed by atoms with E-state index in [1.54, 1.807) is 38.1 Å². The van der Waals surface area contributed by atoms with Gasteiger partial charge < -0.3 is 9.72 Å². The Kier molecular flexibility index (Phi) is 5.69. The number of ether oxygens (including phenoxy) is 1. The second-order valence-electron chi connectivity index (χ2n) is 7.30. The Morgan fingerprint density at radius 3 is 2.47 bits per heavy atom. The molecule has 1 aromatic carbocycles. The molecule has 156 valence electrons. The maximum Gasteiger partial charge on any atom is 0.326 e. The normalized spacial score (nSPS) is 14.3. The Morgan fingerprint density at radius 2 is 1.83 bits per heavy atom. The molecule has 1 aromatic heterocycles. The van der Waals surface area contributed by atoms with E-state index >= 15 is 0 Å². The minimum Gasteiger partial charge on any atom is -0.453 e. The smallest absolute Gasteiger partial charge is 0.326 e. The second-order valence-corrected chi connectivity index (χ2v) is 7.30. The Balaban J connectivity index is 1.70. The Hall–Kier alpha value is -3.55. The van der Waals surface area contributed by atoms with Crippen LogP contribution in [0.25, 0.3) is 0 Å². The lowest BCUT2D eigenvalue weighted by molar-refractivity contribution is -0.150. The number of carbonyl (C=O) groups excluding carboxylic acids is 5. The van der Waals surface area contributed by atoms with Crippen LogP contribution in [0.1, 0.15) is 61.9 Å². The van der Waals surface area contributed by atoms with E-state index in [9.17, 15) is 24.0 Å². The number of aromatic nitrogens is 1. The van der Waals surface area contributed by atoms with E-state index in [2.05, 4.69) is 4.98 Å². The van der Waals surface area contributed by atoms with Crippen LogP contribution >= 0.6 is 0 Å². The van der Waals surface area contributed by atoms with Crippen LogP contribution in [0.3, 0.4) is 0 Å². The number of fused-ring (bicyclic) bond motifs is 1. The second kappa shape index (κ2) is 8.06. The van der Waals surface area contributed by atoms with Crippen molar-refractivity contribution in [3.05, 3.63) is 57.9 Å². The fraction of sp³-hybridized carbons (Fsp3) is 0.318. The summed E-state index contributed by atoms with van der Waals surface area (Å²) < 4.78 is 5.18. The van der Waals surface area contributed by atoms with E-state index < -0.39 is 36.2 Å². The van der Waals surface area contributed by atoms with Gasteiger partial charge in [0.05, 0.1) is 12.1 Å². The van der Waals surface area contributed by atoms with Gasteiger partial charge in [0.1, 0.15) is 6.54 Å². The number of aryl methyl sites for hydroxylation is 1. The van der Waals surface area contributed by atoms with Crippen LogP contribution < -0.4 is 0 Å². The van der Waals surface area contributed by atoms with E-state index in [0.29, 0.717) is 27.9 Å². The van der Waals surface area contributed by atoms with E-state index in [1.807, 2.05) is 0 Å². The molecule has 1 aliphatic rings. The zero-order chi connectivity index (χ0) is 22.2. The van der Waals surface area contributed by atoms with Crippen molar-refractivity contribution in [2.75, 3.05) is 6.54 Å². The van der Waals surface area contributed by atoms with Gasteiger partial charge in [0.15, 0.2) is 11.9 Å². The number of amides is 2. The third-order valence-corrected chi connectivity index (χ3v) is 5.14. The fourth-order valence-electron chi connectivity index (χ4n) is 3.70. The van der Waals surface area contributed by atoms with Gasteiger partial charge >= 0.3 is 5.97 Å². The number of hydrogen-bond donors (Lipinski definition) is 1. The van der Waals surface area contributed by atoms with Gasteiger partial charge in [0.2, 0.25) is 11.7 Å². The number of benzene rings is 1. The number of carbonyl (C=O) groups is 5. The van der Waals surface area contributed by atoms with Crippen LogP contribution in [0.2, 0.25) is 0 Å². The summed E-state index contributed by atoms with van der Waals surface area (Å²) in [6.45, 7) is 5.56. The van der Waals surface area contributed by atoms with Crippen LogP contribution in [0.5, 0.6) is 0 Å². The van der Waals surface area contributed by atoms with Gasteiger partial charge in [-0.1, -0.05) is 18.2 Å². The van der Waals surface area contributed by atoms with Gasteiger partial charge in [0.25, 0.3) is 5.91 Å². The quantitative estimate of drug-likeness (QED) is 0.444. The van der Waals surface area contributed by atoms with Crippen molar-refractivity contribution in [1.29, 1.82) is 0 Å². The maximum atomic E-state index is 12.7. The van der Waals surface area contributed by atoms with E-state index in [-0.39, 0.29) is 17.9 Å². The largest absolute Gasteiger partial charge is 0.453 e. The lowest BCUT2D eigenvalue weighted by Crippen LogP contribution is -2.46. The first-order valence-corrected chi connectivity index (χ1v) is 9.48. The molecule has 30 heavy (non-hydrogen) atoms. The summed E-state index contributed by atoms with van der Waals surface area (Å²) in [5.74, 6) is -2.62. The summed E-state index contributed by atoms with van der Waals surface area (Å²) in [4.78, 5) is 65.3. The highest BCUT2D eigenvalue weighted by Crippen LogP contribution is 2.21. The fourth-order valence-corrected chi connectivity index (χ4v) is 3.70. The molecule has 2 amide bonds. The average Bonchev–Trinajstić information content (AvgIpc) is 2.98. The minimum absolute atomic E-state index is 0.0123. The number of nitrogens with zero attached hydrogens (tertiary/aromatic N) is 1. The first-order chi connectivity index (χ1) is 14.1. The molecule has 3 rings (SSSR count). The maximum absolute atomic E-state index is 12.7. The molecule has 1 atom stereocenters. The third kappa shape index (κ3) is 3.80. The number of nitrogens with one attached hydrogen (secondary N) is 1. The number of rotatable bonds is 6. The molecule has 0 saturated heterocycles. The van der Waals surface area contributed by atoms with E-state index in [4.69, 9.17) is 4.74 Å². The van der Waals surface area contributed by atoms with Gasteiger partial charge in [-0.2, -0.15) is 0 Å². The number of hydrogen-bond acceptors (Lipinski definition) is 6. The van der Waals surface area contributed by atoms with Crippen molar-refractivity contribution in [2.24, 2.45) is 0 Å². The Labute approximate surface area is 173 Å². The number of ketones is 2. The van der Waals surface area contributed by atoms with E-state index in [1.165, 1.54) is 13.8 Å². The number of aromatic amines is 1. The van der Waals surface area contributed by atoms with Gasteiger partial charge in [0, 0.05) is 16.8 Å². The standard InChI is InChI=1S/C22H22N2O6/c1-11-19(13(3)25)12(2)23-20(11)21(28)14(4)30-18(27)10-24-17(26)9-15-7-5-6-8-16(15)22(24)29/h5-8,14,23H,9-10H2,1-4H3/t14-/m1/s1. The lowest BCUT2D eigenvalue weighted by Gasteiger charge is -2.26. The van der Waals surface area contributed by atoms with Crippen LogP contribution in [0.15, 0.2) is 24.3 Å². The molecule has 0 bridgehead atoms. The topological polar surface area (TPSA) is 114 Å². The molecule has 0 aliphatic carbocycles. The summed E-state index contributed by atoms with van der Waals surface area (Å²) in [6, 6.07) is 6.70. The predicted molar refractivity (Wildman–Crippen MR) is 106 cm³/mol. The molecule has 8 nitrogen and oxygen atoms in total. The number of esters is 1. The van der Waals surface area contributed by atoms with Crippen LogP contribution in [0, 0.1) is 13.8 Å². The van der Waals surface area contributed by atoms with Crippen molar-refractivity contribution in [1.82, 2.24) is 9.88 Å². The van der Waals surface area contributed by atoms with Crippen LogP contribution in [0.4, 0.5) is 0 Å². The SMILES string of the molecule is CC(=O)c1c(C)[nH]c(C(=O)[C@@H](C)OC(=O)CN2C(=O)Cc3ccccc3C2=O)c1C. The predicted octanol–water partition coefficient (Wildman–Crippen LogP) is 2.17. The number of imide groups is 1. The summed E-state index contributed by atoms with van der Waals surface area (Å²) in [5.41, 5.74) is 2.65. The molecule has 1 N–H and O–H groups in total. The first-order valence-electron chi connectivity index (χ1n) is 9.48. The van der Waals surface area contributed by atoms with Crippen molar-refractivity contribution in [3.8, 4) is 0 Å². The Bertz CT molecular complexity index is 1080. The lowest BCUT2D eigenvalue weighted by atomic mass is 9.98. The molecule has 0 saturated carbocycles. The first kappa shape index (κ1) is 21.2. The van der Waals surface area contributed by atoms with Gasteiger partial charge in [-0.25, -0.2) is 0 Å². The Morgan fingerprint density at radius 1 is 1.17 bits per heavy atom. The molecule has 0 unspecified atom stereocenters. The molecular formula is C22H22N2O6. The van der Waals surface area contributed by atoms with Crippen molar-refractivity contribution in [3.63, 3.8) is 0 Å². The third-order valence-electron chi connectivity index (χ3n) is 5.14. The summed E-state index contributed by atoms with van der Waals surface area (Å²) in [6.07, 6.45) is -1.14. The summed E-state index contributed by atoms with van der Waals surface area (Å²) in [7, 11) is 0. The highest BCUT2D eigenvalue weighted by Gasteiger charge is 2.33. The van der Waals surface area contributed by atoms with Gasteiger partial charge in [-0.05, 0) is 44.9 Å². The monoisotopic (exact) mass is 410 g/mol. The van der Waals surface area contributed by atoms with Gasteiger partial charge in [-0.15, -0.1) is 0 Å². The minimum atomic E-state index is -1.16. The van der Waals surface area contributed by atoms with Crippen LogP contribution in [-0.4, -0.2) is 51.9 Å². The number of H-pyrrole nitrogens is 1. The molecule has 0 fully saturated rings. The van der Waals surface area contributed by atoms with Crippen molar-refractivity contribution in [2.45, 2.75) is 40.2 Å². The average molecular weight is 410 g/mol. The van der Waals surface area contributed by atoms with Crippen LogP contribution in [-0.2, 0) is 20.7 Å². The van der Waals surface area contributed by atoms with E-state index in [0.717, 1.165) is 4.90 Å². The zero-order valence-electron chi connectivity index (χ0n) is 17.2. The van der Waals surface area contributed by atoms with Gasteiger partial charge in [-0.3, -0.25) is 28.9 Å².